The predicted molar refractivity (Wildman–Crippen MR) is 91.1 cm³/mol. The molecule has 2 aromatic rings. The summed E-state index contributed by atoms with van der Waals surface area (Å²) >= 11 is 3.44. The molecule has 0 saturated heterocycles. The number of nitrogens with two attached hydrogens (primary N) is 1. The number of amides is 1. The Hall–Kier alpha value is -1.30. The molecule has 4 nitrogen and oxygen atoms in total. The fraction of sp³-hybridized carbons (Fsp3) is 0.267. The molecule has 3 N–H and O–H groups in total. The maximum absolute atomic E-state index is 11.5. The van der Waals surface area contributed by atoms with E-state index in [0.717, 1.165) is 21.7 Å². The second-order valence-electron chi connectivity index (χ2n) is 4.43. The Balaban J connectivity index is 0.00000220. The Labute approximate surface area is 138 Å². The molecule has 0 saturated carbocycles. The van der Waals surface area contributed by atoms with Gasteiger partial charge in [-0.15, -0.1) is 12.4 Å². The Kier molecular flexibility index (Phi) is 7.50. The maximum Gasteiger partial charge on any atom is 0.257 e. The third-order valence-corrected chi connectivity index (χ3v) is 3.34. The highest BCUT2D eigenvalue weighted by Crippen LogP contribution is 2.23. The Bertz CT molecular complexity index is 607. The third kappa shape index (κ3) is 5.53. The van der Waals surface area contributed by atoms with Crippen LogP contribution >= 0.6 is 28.3 Å². The Morgan fingerprint density at radius 2 is 1.90 bits per heavy atom. The van der Waals surface area contributed by atoms with E-state index in [1.165, 1.54) is 0 Å². The molecule has 2 rings (SSSR count). The monoisotopic (exact) mass is 372 g/mol. The van der Waals surface area contributed by atoms with Gasteiger partial charge in [0.1, 0.15) is 5.75 Å². The number of carbonyl (C=O) groups is 1. The van der Waals surface area contributed by atoms with Gasteiger partial charge in [0, 0.05) is 11.0 Å². The van der Waals surface area contributed by atoms with E-state index in [2.05, 4.69) is 21.2 Å². The largest absolute Gasteiger partial charge is 0.484 e. The lowest BCUT2D eigenvalue weighted by molar-refractivity contribution is -0.123. The second-order valence-corrected chi connectivity index (χ2v) is 5.35. The van der Waals surface area contributed by atoms with Crippen LogP contribution in [0.4, 0.5) is 0 Å². The van der Waals surface area contributed by atoms with Crippen molar-refractivity contribution in [3.8, 4) is 5.75 Å². The Morgan fingerprint density at radius 1 is 1.19 bits per heavy atom. The van der Waals surface area contributed by atoms with Crippen LogP contribution in [-0.2, 0) is 4.79 Å². The number of nitrogens with one attached hydrogen (secondary N) is 1. The predicted octanol–water partition coefficient (Wildman–Crippen LogP) is 2.87. The average molecular weight is 374 g/mol. The summed E-state index contributed by atoms with van der Waals surface area (Å²) in [5.41, 5.74) is 5.36. The van der Waals surface area contributed by atoms with E-state index >= 15 is 0 Å². The standard InChI is InChI=1S/C15H17BrN2O2.ClH/c16-13-4-2-12-9-14(5-3-11(12)8-13)20-10-15(19)18-7-1-6-17;/h2-5,8-9H,1,6-7,10,17H2,(H,18,19);1H. The first-order valence-corrected chi connectivity index (χ1v) is 7.27. The molecule has 0 fully saturated rings. The molecule has 21 heavy (non-hydrogen) atoms. The second kappa shape index (κ2) is 8.87. The van der Waals surface area contributed by atoms with Crippen LogP contribution in [0.3, 0.4) is 0 Å². The highest BCUT2D eigenvalue weighted by atomic mass is 79.9. The van der Waals surface area contributed by atoms with Crippen molar-refractivity contribution in [3.63, 3.8) is 0 Å². The smallest absolute Gasteiger partial charge is 0.257 e. The zero-order valence-corrected chi connectivity index (χ0v) is 13.9. The number of carbonyl (C=O) groups excluding carboxylic acids is 1. The van der Waals surface area contributed by atoms with Gasteiger partial charge in [-0.3, -0.25) is 4.79 Å². The van der Waals surface area contributed by atoms with Gasteiger partial charge in [-0.1, -0.05) is 28.1 Å². The topological polar surface area (TPSA) is 64.3 Å². The SMILES string of the molecule is Cl.NCCCNC(=O)COc1ccc2cc(Br)ccc2c1. The minimum Gasteiger partial charge on any atom is -0.484 e. The van der Waals surface area contributed by atoms with Gasteiger partial charge in [-0.2, -0.15) is 0 Å². The van der Waals surface area contributed by atoms with Gasteiger partial charge in [0.15, 0.2) is 6.61 Å². The summed E-state index contributed by atoms with van der Waals surface area (Å²) in [6, 6.07) is 11.8. The molecule has 0 bridgehead atoms. The van der Waals surface area contributed by atoms with Crippen LogP contribution in [0.2, 0.25) is 0 Å². The Morgan fingerprint density at radius 3 is 2.67 bits per heavy atom. The van der Waals surface area contributed by atoms with E-state index in [9.17, 15) is 4.79 Å². The van der Waals surface area contributed by atoms with Crippen molar-refractivity contribution in [2.24, 2.45) is 5.73 Å². The van der Waals surface area contributed by atoms with Crippen molar-refractivity contribution in [1.82, 2.24) is 5.32 Å². The quantitative estimate of drug-likeness (QED) is 0.765. The summed E-state index contributed by atoms with van der Waals surface area (Å²) < 4.78 is 6.52. The van der Waals surface area contributed by atoms with E-state index in [1.807, 2.05) is 36.4 Å². The van der Waals surface area contributed by atoms with E-state index < -0.39 is 0 Å². The molecule has 0 aromatic heterocycles. The molecule has 2 aromatic carbocycles. The van der Waals surface area contributed by atoms with E-state index in [4.69, 9.17) is 10.5 Å². The molecule has 0 spiro atoms. The number of hydrogen-bond donors (Lipinski definition) is 2. The van der Waals surface area contributed by atoms with Crippen molar-refractivity contribution in [2.75, 3.05) is 19.7 Å². The average Bonchev–Trinajstić information content (AvgIpc) is 2.45. The van der Waals surface area contributed by atoms with Crippen molar-refractivity contribution < 1.29 is 9.53 Å². The van der Waals surface area contributed by atoms with Gasteiger partial charge in [-0.25, -0.2) is 0 Å². The zero-order chi connectivity index (χ0) is 14.4. The number of ether oxygens (including phenoxy) is 1. The molecule has 0 atom stereocenters. The molecule has 0 heterocycles. The molecule has 114 valence electrons. The lowest BCUT2D eigenvalue weighted by atomic mass is 10.1. The third-order valence-electron chi connectivity index (χ3n) is 2.85. The molecule has 0 aliphatic heterocycles. The fourth-order valence-electron chi connectivity index (χ4n) is 1.81. The highest BCUT2D eigenvalue weighted by molar-refractivity contribution is 9.10. The minimum absolute atomic E-state index is 0. The first-order chi connectivity index (χ1) is 9.69. The van der Waals surface area contributed by atoms with Crippen molar-refractivity contribution in [1.29, 1.82) is 0 Å². The van der Waals surface area contributed by atoms with Crippen molar-refractivity contribution in [2.45, 2.75) is 6.42 Å². The van der Waals surface area contributed by atoms with E-state index in [0.29, 0.717) is 18.8 Å². The normalized spacial score (nSPS) is 10.0. The van der Waals surface area contributed by atoms with Crippen LogP contribution in [0.5, 0.6) is 5.75 Å². The van der Waals surface area contributed by atoms with Gasteiger partial charge in [0.25, 0.3) is 5.91 Å². The first kappa shape index (κ1) is 17.8. The molecule has 0 unspecified atom stereocenters. The summed E-state index contributed by atoms with van der Waals surface area (Å²) in [6.07, 6.45) is 0.774. The molecular formula is C15H18BrClN2O2. The van der Waals surface area contributed by atoms with Gasteiger partial charge >= 0.3 is 0 Å². The van der Waals surface area contributed by atoms with Crippen molar-refractivity contribution >= 4 is 45.0 Å². The number of fused-ring (bicyclic) bond motifs is 1. The zero-order valence-electron chi connectivity index (χ0n) is 11.5. The molecule has 0 radical (unpaired) electrons. The number of hydrogen-bond acceptors (Lipinski definition) is 3. The summed E-state index contributed by atoms with van der Waals surface area (Å²) in [4.78, 5) is 11.5. The van der Waals surface area contributed by atoms with Crippen LogP contribution in [0, 0.1) is 0 Å². The number of halogens is 2. The van der Waals surface area contributed by atoms with Gasteiger partial charge in [0.05, 0.1) is 0 Å². The van der Waals surface area contributed by atoms with Crippen molar-refractivity contribution in [3.05, 3.63) is 40.9 Å². The minimum atomic E-state index is -0.130. The van der Waals surface area contributed by atoms with Gasteiger partial charge < -0.3 is 15.8 Å². The van der Waals surface area contributed by atoms with Crippen LogP contribution in [-0.4, -0.2) is 25.6 Å². The molecule has 6 heteroatoms. The van der Waals surface area contributed by atoms with Crippen LogP contribution < -0.4 is 15.8 Å². The van der Waals surface area contributed by atoms with Gasteiger partial charge in [-0.05, 0) is 48.0 Å². The maximum atomic E-state index is 11.5. The van der Waals surface area contributed by atoms with E-state index in [1.54, 1.807) is 0 Å². The summed E-state index contributed by atoms with van der Waals surface area (Å²) in [5.74, 6) is 0.558. The van der Waals surface area contributed by atoms with Gasteiger partial charge in [0.2, 0.25) is 0 Å². The first-order valence-electron chi connectivity index (χ1n) is 6.48. The molecular weight excluding hydrogens is 356 g/mol. The van der Waals surface area contributed by atoms with Crippen LogP contribution in [0.25, 0.3) is 10.8 Å². The van der Waals surface area contributed by atoms with Crippen LogP contribution in [0.1, 0.15) is 6.42 Å². The fourth-order valence-corrected chi connectivity index (χ4v) is 2.19. The van der Waals surface area contributed by atoms with E-state index in [-0.39, 0.29) is 24.9 Å². The lowest BCUT2D eigenvalue weighted by Crippen LogP contribution is -2.30. The molecule has 0 aliphatic carbocycles. The number of benzene rings is 2. The summed E-state index contributed by atoms with van der Waals surface area (Å²) in [6.45, 7) is 1.18. The summed E-state index contributed by atoms with van der Waals surface area (Å²) in [5, 5.41) is 4.95. The summed E-state index contributed by atoms with van der Waals surface area (Å²) in [7, 11) is 0. The molecule has 0 aliphatic rings. The van der Waals surface area contributed by atoms with Crippen LogP contribution in [0.15, 0.2) is 40.9 Å². The number of rotatable bonds is 6. The highest BCUT2D eigenvalue weighted by Gasteiger charge is 2.03. The molecule has 1 amide bonds. The lowest BCUT2D eigenvalue weighted by Gasteiger charge is -2.08.